The first kappa shape index (κ1) is 19.5. The van der Waals surface area contributed by atoms with Crippen LogP contribution < -0.4 is 5.73 Å². The van der Waals surface area contributed by atoms with Crippen molar-refractivity contribution in [3.8, 4) is 0 Å². The number of carbonyl (C=O) groups excluding carboxylic acids is 1. The molecule has 30 heavy (non-hydrogen) atoms. The van der Waals surface area contributed by atoms with Crippen LogP contribution >= 0.6 is 0 Å². The smallest absolute Gasteiger partial charge is 0.229 e. The maximum Gasteiger partial charge on any atom is 0.229 e. The maximum atomic E-state index is 13.9. The average molecular weight is 420 g/mol. The Balaban J connectivity index is 1.30. The van der Waals surface area contributed by atoms with Crippen LogP contribution in [-0.2, 0) is 11.2 Å². The van der Waals surface area contributed by atoms with Crippen molar-refractivity contribution in [1.29, 1.82) is 0 Å². The summed E-state index contributed by atoms with van der Waals surface area (Å²) in [6, 6.07) is 0.475. The van der Waals surface area contributed by atoms with Crippen LogP contribution in [0.2, 0.25) is 0 Å². The van der Waals surface area contributed by atoms with E-state index in [1.165, 1.54) is 0 Å². The van der Waals surface area contributed by atoms with Crippen LogP contribution in [0.25, 0.3) is 0 Å². The fraction of sp³-hybridized carbons (Fsp3) is 0.571. The van der Waals surface area contributed by atoms with Crippen LogP contribution in [0.1, 0.15) is 67.8 Å². The van der Waals surface area contributed by atoms with Crippen molar-refractivity contribution in [2.24, 2.45) is 11.7 Å². The SMILES string of the molecule is N[C@@H](CC(=O)N1C2CCC(C2)[C@H]1c1noc(C2CC2)n1)Cc1cc(F)c(F)cc1F. The molecule has 2 aliphatic carbocycles. The highest BCUT2D eigenvalue weighted by Gasteiger charge is 2.50. The van der Waals surface area contributed by atoms with Gasteiger partial charge in [-0.2, -0.15) is 4.98 Å². The highest BCUT2D eigenvalue weighted by atomic mass is 19.2. The van der Waals surface area contributed by atoms with Crippen molar-refractivity contribution >= 4 is 5.91 Å². The van der Waals surface area contributed by atoms with Gasteiger partial charge in [-0.1, -0.05) is 5.16 Å². The monoisotopic (exact) mass is 420 g/mol. The molecule has 3 fully saturated rings. The first-order chi connectivity index (χ1) is 14.4. The predicted octanol–water partition coefficient (Wildman–Crippen LogP) is 3.38. The van der Waals surface area contributed by atoms with E-state index < -0.39 is 23.5 Å². The Morgan fingerprint density at radius 2 is 1.93 bits per heavy atom. The minimum atomic E-state index is -1.25. The van der Waals surface area contributed by atoms with E-state index in [4.69, 9.17) is 10.3 Å². The molecule has 2 saturated carbocycles. The van der Waals surface area contributed by atoms with Crippen molar-refractivity contribution in [2.75, 3.05) is 0 Å². The molecular weight excluding hydrogens is 397 g/mol. The molecule has 1 aromatic carbocycles. The van der Waals surface area contributed by atoms with Crippen molar-refractivity contribution in [3.05, 3.63) is 46.9 Å². The third-order valence-electron chi connectivity index (χ3n) is 6.53. The molecule has 1 saturated heterocycles. The summed E-state index contributed by atoms with van der Waals surface area (Å²) in [5.74, 6) is -1.57. The Labute approximate surface area is 171 Å². The number of carbonyl (C=O) groups is 1. The number of nitrogens with two attached hydrogens (primary N) is 1. The molecule has 0 spiro atoms. The number of hydrogen-bond donors (Lipinski definition) is 1. The number of hydrogen-bond acceptors (Lipinski definition) is 5. The van der Waals surface area contributed by atoms with Crippen molar-refractivity contribution < 1.29 is 22.5 Å². The van der Waals surface area contributed by atoms with E-state index in [2.05, 4.69) is 10.1 Å². The molecule has 6 nitrogen and oxygen atoms in total. The normalized spacial score (nSPS) is 26.4. The van der Waals surface area contributed by atoms with Gasteiger partial charge in [0.25, 0.3) is 0 Å². The lowest BCUT2D eigenvalue weighted by atomic mass is 9.96. The number of likely N-dealkylation sites (tertiary alicyclic amines) is 1. The van der Waals surface area contributed by atoms with E-state index in [-0.39, 0.29) is 36.4 Å². The molecule has 160 valence electrons. The quantitative estimate of drug-likeness (QED) is 0.725. The highest BCUT2D eigenvalue weighted by molar-refractivity contribution is 5.78. The minimum absolute atomic E-state index is 0.0223. The minimum Gasteiger partial charge on any atom is -0.339 e. The van der Waals surface area contributed by atoms with E-state index >= 15 is 0 Å². The zero-order valence-corrected chi connectivity index (χ0v) is 16.4. The third kappa shape index (κ3) is 3.49. The molecule has 1 aliphatic heterocycles. The standard InChI is InChI=1S/C21H23F3N4O2/c22-15-9-17(24)16(23)7-12(15)5-13(25)8-18(29)28-14-4-3-11(6-14)19(28)20-26-21(30-27-20)10-1-2-10/h7,9-11,13-14,19H,1-6,8,25H2/t11?,13-,14?,19+/m1/s1. The number of aromatic nitrogens is 2. The number of benzene rings is 1. The number of nitrogens with zero attached hydrogens (tertiary/aromatic N) is 3. The van der Waals surface area contributed by atoms with Crippen LogP contribution in [0.5, 0.6) is 0 Å². The summed E-state index contributed by atoms with van der Waals surface area (Å²) in [7, 11) is 0. The van der Waals surface area contributed by atoms with Crippen molar-refractivity contribution in [3.63, 3.8) is 0 Å². The topological polar surface area (TPSA) is 85.3 Å². The van der Waals surface area contributed by atoms with Crippen molar-refractivity contribution in [1.82, 2.24) is 15.0 Å². The van der Waals surface area contributed by atoms with Crippen LogP contribution in [0, 0.1) is 23.4 Å². The molecule has 0 radical (unpaired) electrons. The zero-order chi connectivity index (χ0) is 21.0. The Hall–Kier alpha value is -2.42. The van der Waals surface area contributed by atoms with Crippen molar-refractivity contribution in [2.45, 2.75) is 69.0 Å². The van der Waals surface area contributed by atoms with Gasteiger partial charge in [-0.05, 0) is 56.1 Å². The number of halogens is 3. The second-order valence-corrected chi connectivity index (χ2v) is 8.76. The maximum absolute atomic E-state index is 13.9. The van der Waals surface area contributed by atoms with Crippen LogP contribution in [0.4, 0.5) is 13.2 Å². The number of fused-ring (bicyclic) bond motifs is 2. The van der Waals surface area contributed by atoms with E-state index in [0.717, 1.165) is 38.2 Å². The van der Waals surface area contributed by atoms with E-state index in [1.54, 1.807) is 0 Å². The van der Waals surface area contributed by atoms with Gasteiger partial charge in [-0.15, -0.1) is 0 Å². The first-order valence-corrected chi connectivity index (χ1v) is 10.4. The molecule has 2 bridgehead atoms. The van der Waals surface area contributed by atoms with E-state index in [1.807, 2.05) is 4.90 Å². The van der Waals surface area contributed by atoms with Crippen LogP contribution in [0.3, 0.4) is 0 Å². The molecule has 9 heteroatoms. The molecule has 1 amide bonds. The van der Waals surface area contributed by atoms with Crippen LogP contribution in [0.15, 0.2) is 16.7 Å². The molecule has 2 N–H and O–H groups in total. The van der Waals surface area contributed by atoms with Gasteiger partial charge in [0.1, 0.15) is 5.82 Å². The molecule has 2 aromatic rings. The lowest BCUT2D eigenvalue weighted by molar-refractivity contribution is -0.136. The van der Waals surface area contributed by atoms with Crippen LogP contribution in [-0.4, -0.2) is 33.0 Å². The van der Waals surface area contributed by atoms with Gasteiger partial charge >= 0.3 is 0 Å². The lowest BCUT2D eigenvalue weighted by Crippen LogP contribution is -2.43. The second kappa shape index (κ2) is 7.37. The van der Waals surface area contributed by atoms with E-state index in [9.17, 15) is 18.0 Å². The molecule has 1 aromatic heterocycles. The van der Waals surface area contributed by atoms with Gasteiger partial charge in [-0.3, -0.25) is 4.79 Å². The Morgan fingerprint density at radius 1 is 1.17 bits per heavy atom. The summed E-state index contributed by atoms with van der Waals surface area (Å²) >= 11 is 0. The summed E-state index contributed by atoms with van der Waals surface area (Å²) in [4.78, 5) is 19.5. The average Bonchev–Trinajstić information content (AvgIpc) is 3.12. The fourth-order valence-electron chi connectivity index (χ4n) is 4.95. The Bertz CT molecular complexity index is 977. The molecule has 2 heterocycles. The Kier molecular flexibility index (Phi) is 4.80. The largest absolute Gasteiger partial charge is 0.339 e. The molecule has 2 unspecified atom stereocenters. The summed E-state index contributed by atoms with van der Waals surface area (Å²) < 4.78 is 45.9. The van der Waals surface area contributed by atoms with Gasteiger partial charge in [0.2, 0.25) is 11.8 Å². The number of piperidine rings is 1. The lowest BCUT2D eigenvalue weighted by Gasteiger charge is -2.34. The Morgan fingerprint density at radius 3 is 2.70 bits per heavy atom. The van der Waals surface area contributed by atoms with Gasteiger partial charge in [0.15, 0.2) is 17.5 Å². The second-order valence-electron chi connectivity index (χ2n) is 8.76. The molecule has 3 aliphatic rings. The number of amides is 1. The molecule has 5 rings (SSSR count). The van der Waals surface area contributed by atoms with Gasteiger partial charge in [0.05, 0.1) is 6.04 Å². The number of rotatable bonds is 6. The molecular formula is C21H23F3N4O2. The van der Waals surface area contributed by atoms with Gasteiger partial charge < -0.3 is 15.2 Å². The zero-order valence-electron chi connectivity index (χ0n) is 16.4. The van der Waals surface area contributed by atoms with Gasteiger partial charge in [-0.25, -0.2) is 13.2 Å². The summed E-state index contributed by atoms with van der Waals surface area (Å²) in [5.41, 5.74) is 6.04. The first-order valence-electron chi connectivity index (χ1n) is 10.4. The fourth-order valence-corrected chi connectivity index (χ4v) is 4.95. The van der Waals surface area contributed by atoms with Gasteiger partial charge in [0, 0.05) is 30.5 Å². The summed E-state index contributed by atoms with van der Waals surface area (Å²) in [5, 5.41) is 4.15. The predicted molar refractivity (Wildman–Crippen MR) is 99.6 cm³/mol. The third-order valence-corrected chi connectivity index (χ3v) is 6.53. The molecule has 4 atom stereocenters. The summed E-state index contributed by atoms with van der Waals surface area (Å²) in [6.45, 7) is 0. The highest BCUT2D eigenvalue weighted by Crippen LogP contribution is 2.50. The summed E-state index contributed by atoms with van der Waals surface area (Å²) in [6.07, 6.45) is 4.86. The van der Waals surface area contributed by atoms with E-state index in [0.29, 0.717) is 29.6 Å².